The third-order valence-electron chi connectivity index (χ3n) is 2.73. The van der Waals surface area contributed by atoms with E-state index < -0.39 is 10.8 Å². The number of benzene rings is 2. The van der Waals surface area contributed by atoms with Crippen LogP contribution in [0.3, 0.4) is 0 Å². The van der Waals surface area contributed by atoms with Gasteiger partial charge in [0.2, 0.25) is 0 Å². The fourth-order valence-electron chi connectivity index (χ4n) is 1.75. The Bertz CT molecular complexity index is 703. The number of hydrogen-bond donors (Lipinski definition) is 1. The van der Waals surface area contributed by atoms with E-state index in [1.54, 1.807) is 24.3 Å². The summed E-state index contributed by atoms with van der Waals surface area (Å²) in [5.74, 6) is -0.250. The van der Waals surface area contributed by atoms with Gasteiger partial charge in [-0.3, -0.25) is 14.9 Å². The molecule has 0 bridgehead atoms. The first kappa shape index (κ1) is 14.8. The van der Waals surface area contributed by atoms with Gasteiger partial charge in [0.15, 0.2) is 0 Å². The number of nitrogens with one attached hydrogen (secondary N) is 1. The van der Waals surface area contributed by atoms with Crippen LogP contribution in [0.25, 0.3) is 0 Å². The number of methoxy groups -OCH3 is 1. The van der Waals surface area contributed by atoms with Crippen molar-refractivity contribution in [1.82, 2.24) is 0 Å². The van der Waals surface area contributed by atoms with Gasteiger partial charge in [0, 0.05) is 16.8 Å². The van der Waals surface area contributed by atoms with E-state index in [1.807, 2.05) is 0 Å². The summed E-state index contributed by atoms with van der Waals surface area (Å²) in [5, 5.41) is 14.0. The van der Waals surface area contributed by atoms with E-state index >= 15 is 0 Å². The summed E-state index contributed by atoms with van der Waals surface area (Å²) in [7, 11) is 1.42. The maximum Gasteiger partial charge on any atom is 0.282 e. The molecular formula is C14H11ClN2O4. The monoisotopic (exact) mass is 306 g/mol. The minimum Gasteiger partial charge on any atom is -0.497 e. The lowest BCUT2D eigenvalue weighted by atomic mass is 10.1. The molecular weight excluding hydrogens is 296 g/mol. The van der Waals surface area contributed by atoms with Gasteiger partial charge in [0.25, 0.3) is 11.6 Å². The van der Waals surface area contributed by atoms with E-state index in [4.69, 9.17) is 16.3 Å². The van der Waals surface area contributed by atoms with Crippen LogP contribution in [0.15, 0.2) is 42.5 Å². The average Bonchev–Trinajstić information content (AvgIpc) is 2.46. The molecule has 108 valence electrons. The van der Waals surface area contributed by atoms with Gasteiger partial charge in [-0.2, -0.15) is 0 Å². The molecule has 2 aromatic carbocycles. The molecule has 0 saturated heterocycles. The first-order valence-electron chi connectivity index (χ1n) is 5.90. The molecule has 0 aliphatic heterocycles. The van der Waals surface area contributed by atoms with Gasteiger partial charge < -0.3 is 10.1 Å². The molecule has 0 saturated carbocycles. The van der Waals surface area contributed by atoms with E-state index in [-0.39, 0.29) is 11.3 Å². The first-order chi connectivity index (χ1) is 10.0. The highest BCUT2D eigenvalue weighted by molar-refractivity contribution is 6.31. The lowest BCUT2D eigenvalue weighted by molar-refractivity contribution is -0.385. The van der Waals surface area contributed by atoms with Gasteiger partial charge in [-0.05, 0) is 30.3 Å². The molecule has 1 amide bonds. The molecule has 1 N–H and O–H groups in total. The molecule has 0 aliphatic rings. The summed E-state index contributed by atoms with van der Waals surface area (Å²) in [5.41, 5.74) is 0.0688. The van der Waals surface area contributed by atoms with E-state index in [1.165, 1.54) is 25.3 Å². The predicted molar refractivity (Wildman–Crippen MR) is 79.1 cm³/mol. The zero-order valence-electron chi connectivity index (χ0n) is 11.0. The number of anilines is 1. The van der Waals surface area contributed by atoms with Crippen LogP contribution in [0.5, 0.6) is 5.75 Å². The van der Waals surface area contributed by atoms with Crippen molar-refractivity contribution >= 4 is 28.9 Å². The molecule has 2 rings (SSSR count). The van der Waals surface area contributed by atoms with Crippen molar-refractivity contribution in [2.75, 3.05) is 12.4 Å². The first-order valence-corrected chi connectivity index (χ1v) is 6.28. The van der Waals surface area contributed by atoms with Crippen molar-refractivity contribution < 1.29 is 14.5 Å². The second kappa shape index (κ2) is 6.23. The summed E-state index contributed by atoms with van der Waals surface area (Å²) >= 11 is 5.82. The number of carbonyl (C=O) groups is 1. The van der Waals surface area contributed by atoms with E-state index in [2.05, 4.69) is 5.32 Å². The van der Waals surface area contributed by atoms with Crippen molar-refractivity contribution in [3.8, 4) is 5.75 Å². The van der Waals surface area contributed by atoms with E-state index in [0.29, 0.717) is 16.5 Å². The minimum absolute atomic E-state index is 0.0840. The van der Waals surface area contributed by atoms with Crippen LogP contribution in [-0.2, 0) is 0 Å². The van der Waals surface area contributed by atoms with Crippen LogP contribution in [0.1, 0.15) is 10.4 Å². The number of nitro benzene ring substituents is 1. The van der Waals surface area contributed by atoms with Crippen molar-refractivity contribution in [3.05, 3.63) is 63.2 Å². The number of hydrogen-bond acceptors (Lipinski definition) is 4. The van der Waals surface area contributed by atoms with Crippen molar-refractivity contribution in [3.63, 3.8) is 0 Å². The van der Waals surface area contributed by atoms with Crippen LogP contribution < -0.4 is 10.1 Å². The molecule has 0 heterocycles. The third-order valence-corrected chi connectivity index (χ3v) is 2.96. The molecule has 2 aromatic rings. The Balaban J connectivity index is 2.35. The van der Waals surface area contributed by atoms with Crippen molar-refractivity contribution in [2.24, 2.45) is 0 Å². The number of carbonyl (C=O) groups excluding carboxylic acids is 1. The van der Waals surface area contributed by atoms with Gasteiger partial charge in [0.05, 0.1) is 12.0 Å². The Labute approximate surface area is 125 Å². The van der Waals surface area contributed by atoms with Crippen LogP contribution in [-0.4, -0.2) is 17.9 Å². The minimum atomic E-state index is -0.619. The number of halogens is 1. The van der Waals surface area contributed by atoms with E-state index in [9.17, 15) is 14.9 Å². The van der Waals surface area contributed by atoms with Crippen LogP contribution in [0, 0.1) is 10.1 Å². The number of nitro groups is 1. The maximum absolute atomic E-state index is 12.2. The maximum atomic E-state index is 12.2. The molecule has 6 nitrogen and oxygen atoms in total. The highest BCUT2D eigenvalue weighted by Crippen LogP contribution is 2.25. The summed E-state index contributed by atoms with van der Waals surface area (Å²) < 4.78 is 4.99. The molecule has 0 fully saturated rings. The highest BCUT2D eigenvalue weighted by Gasteiger charge is 2.21. The van der Waals surface area contributed by atoms with Gasteiger partial charge in [-0.15, -0.1) is 0 Å². The van der Waals surface area contributed by atoms with Crippen molar-refractivity contribution in [1.29, 1.82) is 0 Å². The fourth-order valence-corrected chi connectivity index (χ4v) is 1.94. The Kier molecular flexibility index (Phi) is 4.39. The standard InChI is InChI=1S/C14H11ClN2O4/c1-21-11-5-6-13(17(19)20)12(8-11)14(18)16-10-4-2-3-9(15)7-10/h2-8H,1H3,(H,16,18). The molecule has 0 unspecified atom stereocenters. The van der Waals surface area contributed by atoms with Gasteiger partial charge >= 0.3 is 0 Å². The van der Waals surface area contributed by atoms with Gasteiger partial charge in [0.1, 0.15) is 11.3 Å². The summed E-state index contributed by atoms with van der Waals surface area (Å²) in [6, 6.07) is 10.5. The smallest absolute Gasteiger partial charge is 0.282 e. The molecule has 0 radical (unpaired) electrons. The predicted octanol–water partition coefficient (Wildman–Crippen LogP) is 3.51. The van der Waals surface area contributed by atoms with Crippen LogP contribution in [0.2, 0.25) is 5.02 Å². The fraction of sp³-hybridized carbons (Fsp3) is 0.0714. The number of amides is 1. The second-order valence-electron chi connectivity index (χ2n) is 4.10. The van der Waals surface area contributed by atoms with Gasteiger partial charge in [-0.25, -0.2) is 0 Å². The largest absolute Gasteiger partial charge is 0.497 e. The summed E-state index contributed by atoms with van der Waals surface area (Å²) in [6.45, 7) is 0. The Morgan fingerprint density at radius 3 is 2.67 bits per heavy atom. The molecule has 0 atom stereocenters. The summed E-state index contributed by atoms with van der Waals surface area (Å²) in [6.07, 6.45) is 0. The molecule has 0 spiro atoms. The lowest BCUT2D eigenvalue weighted by Gasteiger charge is -2.07. The topological polar surface area (TPSA) is 81.5 Å². The summed E-state index contributed by atoms with van der Waals surface area (Å²) in [4.78, 5) is 22.6. The Morgan fingerprint density at radius 1 is 1.29 bits per heavy atom. The second-order valence-corrected chi connectivity index (χ2v) is 4.54. The quantitative estimate of drug-likeness (QED) is 0.692. The Hall–Kier alpha value is -2.60. The highest BCUT2D eigenvalue weighted by atomic mass is 35.5. The van der Waals surface area contributed by atoms with Crippen molar-refractivity contribution in [2.45, 2.75) is 0 Å². The molecule has 0 aliphatic carbocycles. The molecule has 7 heteroatoms. The lowest BCUT2D eigenvalue weighted by Crippen LogP contribution is -2.14. The van der Waals surface area contributed by atoms with Crippen LogP contribution >= 0.6 is 11.6 Å². The Morgan fingerprint density at radius 2 is 2.05 bits per heavy atom. The number of ether oxygens (including phenoxy) is 1. The van der Waals surface area contributed by atoms with Gasteiger partial charge in [-0.1, -0.05) is 17.7 Å². The molecule has 0 aromatic heterocycles. The average molecular weight is 307 g/mol. The molecule has 21 heavy (non-hydrogen) atoms. The number of nitrogens with zero attached hydrogens (tertiary/aromatic N) is 1. The van der Waals surface area contributed by atoms with Crippen LogP contribution in [0.4, 0.5) is 11.4 Å². The normalized spacial score (nSPS) is 10.0. The number of rotatable bonds is 4. The van der Waals surface area contributed by atoms with E-state index in [0.717, 1.165) is 0 Å². The SMILES string of the molecule is COc1ccc([N+](=O)[O-])c(C(=O)Nc2cccc(Cl)c2)c1. The zero-order chi connectivity index (χ0) is 15.4. The zero-order valence-corrected chi connectivity index (χ0v) is 11.8. The third kappa shape index (κ3) is 3.49.